The summed E-state index contributed by atoms with van der Waals surface area (Å²) >= 11 is 1.51. The first-order valence-electron chi connectivity index (χ1n) is 5.54. The van der Waals surface area contributed by atoms with Crippen LogP contribution in [-0.4, -0.2) is 52.1 Å². The van der Waals surface area contributed by atoms with Gasteiger partial charge in [0.1, 0.15) is 6.04 Å². The van der Waals surface area contributed by atoms with Gasteiger partial charge in [-0.15, -0.1) is 11.8 Å². The van der Waals surface area contributed by atoms with Gasteiger partial charge in [-0.2, -0.15) is 0 Å². The second-order valence-electron chi connectivity index (χ2n) is 4.16. The summed E-state index contributed by atoms with van der Waals surface area (Å²) in [5, 5.41) is 12.2. The number of carboxylic acid groups (broad SMARTS) is 1. The molecule has 1 amide bonds. The van der Waals surface area contributed by atoms with Crippen molar-refractivity contribution in [3.63, 3.8) is 0 Å². The molecule has 0 aromatic heterocycles. The van der Waals surface area contributed by atoms with Gasteiger partial charge in [0.15, 0.2) is 0 Å². The molecule has 2 fully saturated rings. The Labute approximate surface area is 98.6 Å². The highest BCUT2D eigenvalue weighted by atomic mass is 32.2. The number of hydrogen-bond acceptors (Lipinski definition) is 4. The highest BCUT2D eigenvalue weighted by Crippen LogP contribution is 2.23. The molecule has 2 aliphatic rings. The molecular weight excluding hydrogens is 228 g/mol. The van der Waals surface area contributed by atoms with Crippen molar-refractivity contribution >= 4 is 23.6 Å². The van der Waals surface area contributed by atoms with Crippen LogP contribution in [0.1, 0.15) is 19.3 Å². The number of carbonyl (C=O) groups excluding carboxylic acids is 1. The van der Waals surface area contributed by atoms with Crippen LogP contribution < -0.4 is 5.32 Å². The van der Waals surface area contributed by atoms with E-state index in [0.29, 0.717) is 11.6 Å². The van der Waals surface area contributed by atoms with Gasteiger partial charge in [-0.05, 0) is 19.4 Å². The largest absolute Gasteiger partial charge is 0.480 e. The molecule has 0 radical (unpaired) electrons. The third-order valence-electron chi connectivity index (χ3n) is 3.06. The minimum atomic E-state index is -0.894. The zero-order valence-electron chi connectivity index (χ0n) is 9.02. The van der Waals surface area contributed by atoms with Gasteiger partial charge in [0.2, 0.25) is 5.91 Å². The van der Waals surface area contributed by atoms with Gasteiger partial charge in [0.05, 0.1) is 11.9 Å². The van der Waals surface area contributed by atoms with Crippen LogP contribution in [0.2, 0.25) is 0 Å². The van der Waals surface area contributed by atoms with E-state index < -0.39 is 12.0 Å². The lowest BCUT2D eigenvalue weighted by Crippen LogP contribution is -2.52. The summed E-state index contributed by atoms with van der Waals surface area (Å²) in [7, 11) is 0. The Balaban J connectivity index is 1.99. The second-order valence-corrected chi connectivity index (χ2v) is 5.16. The average molecular weight is 244 g/mol. The predicted octanol–water partition coefficient (Wildman–Crippen LogP) is 0.115. The summed E-state index contributed by atoms with van der Waals surface area (Å²) in [4.78, 5) is 24.6. The highest BCUT2D eigenvalue weighted by Gasteiger charge is 2.37. The van der Waals surface area contributed by atoms with Crippen molar-refractivity contribution in [1.82, 2.24) is 10.2 Å². The molecule has 0 aromatic rings. The fourth-order valence-electron chi connectivity index (χ4n) is 2.13. The molecule has 0 bridgehead atoms. The number of nitrogens with one attached hydrogen (secondary N) is 1. The Kier molecular flexibility index (Phi) is 3.70. The van der Waals surface area contributed by atoms with Crippen LogP contribution in [-0.2, 0) is 9.59 Å². The fourth-order valence-corrected chi connectivity index (χ4v) is 3.28. The Morgan fingerprint density at radius 3 is 2.81 bits per heavy atom. The maximum atomic E-state index is 12.1. The normalized spacial score (nSPS) is 30.4. The van der Waals surface area contributed by atoms with Crippen LogP contribution in [0.4, 0.5) is 0 Å². The zero-order chi connectivity index (χ0) is 11.5. The molecule has 16 heavy (non-hydrogen) atoms. The first kappa shape index (κ1) is 11.7. The lowest BCUT2D eigenvalue weighted by molar-refractivity contribution is -0.148. The average Bonchev–Trinajstić information content (AvgIpc) is 2.78. The first-order valence-corrected chi connectivity index (χ1v) is 6.70. The van der Waals surface area contributed by atoms with Gasteiger partial charge >= 0.3 is 5.97 Å². The monoisotopic (exact) mass is 244 g/mol. The molecule has 0 aromatic carbocycles. The summed E-state index contributed by atoms with van der Waals surface area (Å²) in [5.74, 6) is 0.0770. The van der Waals surface area contributed by atoms with Crippen molar-refractivity contribution in [3.05, 3.63) is 0 Å². The Morgan fingerprint density at radius 2 is 2.19 bits per heavy atom. The lowest BCUT2D eigenvalue weighted by Gasteiger charge is -2.29. The number of carboxylic acids is 1. The number of thioether (sulfide) groups is 1. The molecular formula is C10H16N2O3S. The quantitative estimate of drug-likeness (QED) is 0.722. The predicted molar refractivity (Wildman–Crippen MR) is 61.2 cm³/mol. The number of rotatable bonds is 2. The van der Waals surface area contributed by atoms with Crippen LogP contribution in [0.25, 0.3) is 0 Å². The minimum Gasteiger partial charge on any atom is -0.480 e. The summed E-state index contributed by atoms with van der Waals surface area (Å²) in [5.41, 5.74) is 0. The third-order valence-corrected chi connectivity index (χ3v) is 4.07. The lowest BCUT2D eigenvalue weighted by atomic mass is 10.0. The van der Waals surface area contributed by atoms with Crippen LogP contribution in [0.3, 0.4) is 0 Å². The standard InChI is InChI=1S/C10H16N2O3S/c13-9(7-3-1-2-4-11-7)12-6-16-5-8(12)10(14)15/h7-8,11H,1-6H2,(H,14,15). The van der Waals surface area contributed by atoms with E-state index in [1.165, 1.54) is 16.7 Å². The van der Waals surface area contributed by atoms with Crippen molar-refractivity contribution in [3.8, 4) is 0 Å². The smallest absolute Gasteiger partial charge is 0.327 e. The molecule has 0 saturated carbocycles. The van der Waals surface area contributed by atoms with Gasteiger partial charge in [-0.1, -0.05) is 6.42 Å². The number of amides is 1. The number of hydrogen-bond donors (Lipinski definition) is 2. The van der Waals surface area contributed by atoms with Crippen molar-refractivity contribution in [2.75, 3.05) is 18.2 Å². The van der Waals surface area contributed by atoms with Crippen LogP contribution in [0, 0.1) is 0 Å². The van der Waals surface area contributed by atoms with Crippen LogP contribution >= 0.6 is 11.8 Å². The van der Waals surface area contributed by atoms with Gasteiger partial charge in [0.25, 0.3) is 0 Å². The van der Waals surface area contributed by atoms with E-state index in [-0.39, 0.29) is 11.9 Å². The van der Waals surface area contributed by atoms with Crippen molar-refractivity contribution in [1.29, 1.82) is 0 Å². The Hall–Kier alpha value is -0.750. The summed E-state index contributed by atoms with van der Waals surface area (Å²) in [6.07, 6.45) is 2.97. The topological polar surface area (TPSA) is 69.6 Å². The van der Waals surface area contributed by atoms with E-state index in [1.807, 2.05) is 0 Å². The molecule has 0 aliphatic carbocycles. The SMILES string of the molecule is O=C(O)C1CSCN1C(=O)C1CCCCN1. The van der Waals surface area contributed by atoms with Crippen molar-refractivity contribution in [2.24, 2.45) is 0 Å². The Morgan fingerprint density at radius 1 is 1.38 bits per heavy atom. The van der Waals surface area contributed by atoms with Gasteiger partial charge < -0.3 is 15.3 Å². The number of carbonyl (C=O) groups is 2. The molecule has 5 nitrogen and oxygen atoms in total. The van der Waals surface area contributed by atoms with Crippen LogP contribution in [0.5, 0.6) is 0 Å². The van der Waals surface area contributed by atoms with Crippen molar-refractivity contribution in [2.45, 2.75) is 31.3 Å². The molecule has 2 rings (SSSR count). The Bertz CT molecular complexity index is 292. The fraction of sp³-hybridized carbons (Fsp3) is 0.800. The molecule has 2 unspecified atom stereocenters. The second kappa shape index (κ2) is 5.05. The molecule has 2 atom stereocenters. The van der Waals surface area contributed by atoms with Gasteiger partial charge in [-0.3, -0.25) is 4.79 Å². The number of aliphatic carboxylic acids is 1. The summed E-state index contributed by atoms with van der Waals surface area (Å²) in [6, 6.07) is -0.810. The zero-order valence-corrected chi connectivity index (χ0v) is 9.83. The maximum absolute atomic E-state index is 12.1. The maximum Gasteiger partial charge on any atom is 0.327 e. The van der Waals surface area contributed by atoms with E-state index in [1.54, 1.807) is 0 Å². The minimum absolute atomic E-state index is 0.0444. The summed E-state index contributed by atoms with van der Waals surface area (Å²) < 4.78 is 0. The molecule has 2 heterocycles. The third kappa shape index (κ3) is 2.32. The van der Waals surface area contributed by atoms with E-state index in [2.05, 4.69) is 5.32 Å². The molecule has 2 saturated heterocycles. The van der Waals surface area contributed by atoms with E-state index >= 15 is 0 Å². The molecule has 2 N–H and O–H groups in total. The molecule has 2 aliphatic heterocycles. The van der Waals surface area contributed by atoms with Gasteiger partial charge in [0, 0.05) is 5.75 Å². The van der Waals surface area contributed by atoms with E-state index in [4.69, 9.17) is 5.11 Å². The summed E-state index contributed by atoms with van der Waals surface area (Å²) in [6.45, 7) is 0.856. The van der Waals surface area contributed by atoms with Crippen molar-refractivity contribution < 1.29 is 14.7 Å². The molecule has 6 heteroatoms. The highest BCUT2D eigenvalue weighted by molar-refractivity contribution is 7.99. The molecule has 90 valence electrons. The van der Waals surface area contributed by atoms with Gasteiger partial charge in [-0.25, -0.2) is 4.79 Å². The number of nitrogens with zero attached hydrogens (tertiary/aromatic N) is 1. The molecule has 0 spiro atoms. The van der Waals surface area contributed by atoms with E-state index in [9.17, 15) is 9.59 Å². The van der Waals surface area contributed by atoms with Crippen LogP contribution in [0.15, 0.2) is 0 Å². The van der Waals surface area contributed by atoms with E-state index in [0.717, 1.165) is 25.8 Å². The first-order chi connectivity index (χ1) is 7.70. The number of piperidine rings is 1.